The zero-order chi connectivity index (χ0) is 10.6. The third kappa shape index (κ3) is 15.3. The molecule has 0 saturated heterocycles. The molecule has 0 aliphatic rings. The van der Waals surface area contributed by atoms with E-state index in [1.54, 1.807) is 0 Å². The minimum Gasteiger partial charge on any atom is -0.786 e. The maximum absolute atomic E-state index is 11.1. The van der Waals surface area contributed by atoms with Crippen molar-refractivity contribution in [2.24, 2.45) is 0 Å². The summed E-state index contributed by atoms with van der Waals surface area (Å²) in [5.74, 6) is 0. The summed E-state index contributed by atoms with van der Waals surface area (Å²) >= 11 is 0. The van der Waals surface area contributed by atoms with Crippen LogP contribution >= 0.6 is 8.60 Å². The van der Waals surface area contributed by atoms with E-state index in [1.165, 1.54) is 0 Å². The van der Waals surface area contributed by atoms with Crippen molar-refractivity contribution in [3.63, 3.8) is 0 Å². The minimum absolute atomic E-state index is 0. The maximum Gasteiger partial charge on any atom is 1.00 e. The summed E-state index contributed by atoms with van der Waals surface area (Å²) in [5.41, 5.74) is 0. The van der Waals surface area contributed by atoms with Crippen molar-refractivity contribution in [1.82, 2.24) is 0 Å². The van der Waals surface area contributed by atoms with Gasteiger partial charge in [-0.05, 0) is 12.8 Å². The number of unbranched alkanes of at least 4 members (excludes halogenated alkanes) is 4. The van der Waals surface area contributed by atoms with Crippen LogP contribution in [0.3, 0.4) is 0 Å². The van der Waals surface area contributed by atoms with E-state index in [9.17, 15) is 4.89 Å². The maximum atomic E-state index is 11.1. The molecule has 0 fully saturated rings. The Balaban J connectivity index is 0. The summed E-state index contributed by atoms with van der Waals surface area (Å²) in [5, 5.41) is 0. The van der Waals surface area contributed by atoms with E-state index in [4.69, 9.17) is 9.05 Å². The van der Waals surface area contributed by atoms with Gasteiger partial charge in [0.05, 0.1) is 21.8 Å². The molecule has 0 aromatic heterocycles. The van der Waals surface area contributed by atoms with Crippen LogP contribution in [0.1, 0.15) is 52.4 Å². The molecule has 0 rings (SSSR count). The summed E-state index contributed by atoms with van der Waals surface area (Å²) in [7, 11) is -1.86. The smallest absolute Gasteiger partial charge is 0.786 e. The van der Waals surface area contributed by atoms with Crippen molar-refractivity contribution in [3.05, 3.63) is 0 Å². The molecule has 0 aromatic rings. The molecule has 0 unspecified atom stereocenters. The van der Waals surface area contributed by atoms with Crippen molar-refractivity contribution < 1.29 is 43.5 Å². The van der Waals surface area contributed by atoms with Gasteiger partial charge in [0.25, 0.3) is 0 Å². The third-order valence-corrected chi connectivity index (χ3v) is 2.68. The molecule has 86 valence electrons. The first-order chi connectivity index (χ1) is 6.81. The molecule has 5 heteroatoms. The van der Waals surface area contributed by atoms with Crippen molar-refractivity contribution >= 4 is 8.60 Å². The fourth-order valence-electron chi connectivity index (χ4n) is 1.02. The van der Waals surface area contributed by atoms with Gasteiger partial charge in [0, 0.05) is 0 Å². The van der Waals surface area contributed by atoms with Gasteiger partial charge in [-0.3, -0.25) is 0 Å². The van der Waals surface area contributed by atoms with Crippen LogP contribution in [-0.2, 0) is 9.05 Å². The Morgan fingerprint density at radius 1 is 0.867 bits per heavy atom. The van der Waals surface area contributed by atoms with E-state index in [1.807, 2.05) is 0 Å². The van der Waals surface area contributed by atoms with Crippen LogP contribution in [0.4, 0.5) is 0 Å². The Hall–Kier alpha value is 1.31. The molecule has 0 radical (unpaired) electrons. The standard InChI is InChI=1S/C10H22O3P.Na/c1-3-5-7-9-12-14(11)13-10-8-6-4-2;/h3-10H2,1-2H3;/q-1;+1. The quantitative estimate of drug-likeness (QED) is 0.308. The second-order valence-electron chi connectivity index (χ2n) is 3.30. The monoisotopic (exact) mass is 244 g/mol. The van der Waals surface area contributed by atoms with Crippen LogP contribution < -0.4 is 34.5 Å². The van der Waals surface area contributed by atoms with Crippen LogP contribution in [0.25, 0.3) is 0 Å². The van der Waals surface area contributed by atoms with Crippen LogP contribution in [0, 0.1) is 0 Å². The summed E-state index contributed by atoms with van der Waals surface area (Å²) in [6, 6.07) is 0. The summed E-state index contributed by atoms with van der Waals surface area (Å²) < 4.78 is 10.0. The van der Waals surface area contributed by atoms with Crippen LogP contribution in [0.15, 0.2) is 0 Å². The Kier molecular flexibility index (Phi) is 19.1. The Bertz CT molecular complexity index is 105. The van der Waals surface area contributed by atoms with Gasteiger partial charge in [0.1, 0.15) is 0 Å². The van der Waals surface area contributed by atoms with Gasteiger partial charge in [-0.2, -0.15) is 0 Å². The molecule has 0 amide bonds. The van der Waals surface area contributed by atoms with Crippen molar-refractivity contribution in [2.75, 3.05) is 13.2 Å². The van der Waals surface area contributed by atoms with E-state index in [0.717, 1.165) is 38.5 Å². The van der Waals surface area contributed by atoms with Gasteiger partial charge in [-0.1, -0.05) is 39.5 Å². The summed E-state index contributed by atoms with van der Waals surface area (Å²) in [6.45, 7) is 5.36. The molecule has 0 aliphatic heterocycles. The topological polar surface area (TPSA) is 41.5 Å². The first-order valence-corrected chi connectivity index (χ1v) is 6.63. The van der Waals surface area contributed by atoms with E-state index in [2.05, 4.69) is 13.8 Å². The average Bonchev–Trinajstić information content (AvgIpc) is 2.19. The second-order valence-corrected chi connectivity index (χ2v) is 4.27. The number of rotatable bonds is 10. The molecule has 0 aromatic carbocycles. The Labute approximate surface area is 117 Å². The zero-order valence-electron chi connectivity index (χ0n) is 10.3. The Morgan fingerprint density at radius 2 is 1.27 bits per heavy atom. The zero-order valence-corrected chi connectivity index (χ0v) is 13.2. The van der Waals surface area contributed by atoms with E-state index >= 15 is 0 Å². The molecule has 0 heterocycles. The molecule has 15 heavy (non-hydrogen) atoms. The number of hydrogen-bond acceptors (Lipinski definition) is 3. The first-order valence-electron chi connectivity index (χ1n) is 5.54. The normalized spacial score (nSPS) is 10.4. The van der Waals surface area contributed by atoms with Crippen molar-refractivity contribution in [1.29, 1.82) is 0 Å². The van der Waals surface area contributed by atoms with Crippen molar-refractivity contribution in [2.45, 2.75) is 52.4 Å². The molecule has 0 bridgehead atoms. The van der Waals surface area contributed by atoms with Gasteiger partial charge in [0.15, 0.2) is 0 Å². The van der Waals surface area contributed by atoms with Crippen LogP contribution in [0.5, 0.6) is 0 Å². The van der Waals surface area contributed by atoms with E-state index in [0.29, 0.717) is 13.2 Å². The fraction of sp³-hybridized carbons (Fsp3) is 1.00. The minimum atomic E-state index is -1.86. The van der Waals surface area contributed by atoms with E-state index in [-0.39, 0.29) is 29.6 Å². The molecule has 0 aliphatic carbocycles. The molecule has 0 N–H and O–H groups in total. The van der Waals surface area contributed by atoms with Gasteiger partial charge in [0.2, 0.25) is 0 Å². The molecule has 3 nitrogen and oxygen atoms in total. The average molecular weight is 244 g/mol. The molecule has 0 saturated carbocycles. The fourth-order valence-corrected chi connectivity index (χ4v) is 1.65. The van der Waals surface area contributed by atoms with E-state index < -0.39 is 8.60 Å². The Morgan fingerprint density at radius 3 is 1.60 bits per heavy atom. The molecular formula is C10H22NaO3P. The predicted molar refractivity (Wildman–Crippen MR) is 57.9 cm³/mol. The second kappa shape index (κ2) is 15.3. The SMILES string of the molecule is CCCCCOP([O-])OCCCCC.[Na+]. The van der Waals surface area contributed by atoms with Gasteiger partial charge in [-0.15, -0.1) is 0 Å². The van der Waals surface area contributed by atoms with Gasteiger partial charge >= 0.3 is 29.6 Å². The van der Waals surface area contributed by atoms with Crippen LogP contribution in [0.2, 0.25) is 0 Å². The molecular weight excluding hydrogens is 222 g/mol. The van der Waals surface area contributed by atoms with Crippen molar-refractivity contribution in [3.8, 4) is 0 Å². The summed E-state index contributed by atoms with van der Waals surface area (Å²) in [4.78, 5) is 11.1. The third-order valence-electron chi connectivity index (χ3n) is 1.89. The van der Waals surface area contributed by atoms with Crippen LogP contribution in [-0.4, -0.2) is 13.2 Å². The number of hydrogen-bond donors (Lipinski definition) is 0. The predicted octanol–water partition coefficient (Wildman–Crippen LogP) is -0.00880. The molecule has 0 atom stereocenters. The van der Waals surface area contributed by atoms with Gasteiger partial charge in [-0.25, -0.2) is 0 Å². The summed E-state index contributed by atoms with van der Waals surface area (Å²) in [6.07, 6.45) is 6.48. The first kappa shape index (κ1) is 18.7. The largest absolute Gasteiger partial charge is 1.00 e. The van der Waals surface area contributed by atoms with Gasteiger partial charge < -0.3 is 13.9 Å². The molecule has 0 spiro atoms.